The zero-order valence-corrected chi connectivity index (χ0v) is 9.45. The van der Waals surface area contributed by atoms with Crippen LogP contribution in [0, 0.1) is 0 Å². The Labute approximate surface area is 92.8 Å². The molecule has 0 spiro atoms. The maximum atomic E-state index is 11.4. The van der Waals surface area contributed by atoms with Gasteiger partial charge < -0.3 is 4.74 Å². The van der Waals surface area contributed by atoms with Crippen molar-refractivity contribution in [3.63, 3.8) is 0 Å². The van der Waals surface area contributed by atoms with Crippen LogP contribution in [0.2, 0.25) is 10.0 Å². The minimum atomic E-state index is -0.0232. The summed E-state index contributed by atoms with van der Waals surface area (Å²) in [5.41, 5.74) is 0.454. The van der Waals surface area contributed by atoms with Gasteiger partial charge in [0.1, 0.15) is 5.75 Å². The van der Waals surface area contributed by atoms with E-state index in [0.717, 1.165) is 0 Å². The van der Waals surface area contributed by atoms with E-state index in [2.05, 4.69) is 0 Å². The molecule has 0 aromatic heterocycles. The van der Waals surface area contributed by atoms with Gasteiger partial charge in [0.25, 0.3) is 0 Å². The minimum absolute atomic E-state index is 0.0232. The highest BCUT2D eigenvalue weighted by Gasteiger charge is 2.12. The Balaban J connectivity index is 3.24. The van der Waals surface area contributed by atoms with E-state index in [1.54, 1.807) is 13.0 Å². The lowest BCUT2D eigenvalue weighted by atomic mass is 10.1. The molecule has 1 rings (SSSR count). The first-order valence-corrected chi connectivity index (χ1v) is 4.92. The van der Waals surface area contributed by atoms with Crippen molar-refractivity contribution in [2.24, 2.45) is 0 Å². The Bertz CT molecular complexity index is 361. The van der Waals surface area contributed by atoms with Gasteiger partial charge in [-0.25, -0.2) is 0 Å². The van der Waals surface area contributed by atoms with E-state index in [-0.39, 0.29) is 5.78 Å². The largest absolute Gasteiger partial charge is 0.495 e. The van der Waals surface area contributed by atoms with Crippen LogP contribution in [0.15, 0.2) is 12.1 Å². The van der Waals surface area contributed by atoms with Crippen LogP contribution >= 0.6 is 23.2 Å². The third-order valence-corrected chi connectivity index (χ3v) is 2.47. The molecule has 0 aliphatic heterocycles. The standard InChI is InChI=1S/C10H10Cl2O2/c1-3-9(13)6-4-10(14-2)8(12)5-7(6)11/h4-5H,3H2,1-2H3. The lowest BCUT2D eigenvalue weighted by Gasteiger charge is -2.07. The van der Waals surface area contributed by atoms with E-state index in [9.17, 15) is 4.79 Å². The molecule has 1 aromatic rings. The Hall–Kier alpha value is -0.730. The summed E-state index contributed by atoms with van der Waals surface area (Å²) in [7, 11) is 1.50. The second-order valence-corrected chi connectivity index (χ2v) is 3.56. The second-order valence-electron chi connectivity index (χ2n) is 2.74. The molecule has 14 heavy (non-hydrogen) atoms. The van der Waals surface area contributed by atoms with Crippen LogP contribution in [0.4, 0.5) is 0 Å². The molecule has 0 unspecified atom stereocenters. The maximum absolute atomic E-state index is 11.4. The number of rotatable bonds is 3. The van der Waals surface area contributed by atoms with Gasteiger partial charge in [-0.1, -0.05) is 30.1 Å². The van der Waals surface area contributed by atoms with Gasteiger partial charge in [0.05, 0.1) is 17.2 Å². The number of benzene rings is 1. The van der Waals surface area contributed by atoms with Gasteiger partial charge in [0, 0.05) is 12.0 Å². The molecule has 0 aliphatic rings. The molecule has 0 fully saturated rings. The van der Waals surface area contributed by atoms with E-state index >= 15 is 0 Å². The van der Waals surface area contributed by atoms with E-state index in [0.29, 0.717) is 27.8 Å². The molecule has 2 nitrogen and oxygen atoms in total. The van der Waals surface area contributed by atoms with Crippen molar-refractivity contribution in [3.8, 4) is 5.75 Å². The van der Waals surface area contributed by atoms with E-state index < -0.39 is 0 Å². The fourth-order valence-corrected chi connectivity index (χ4v) is 1.66. The highest BCUT2D eigenvalue weighted by atomic mass is 35.5. The number of Topliss-reactive ketones (excluding diaryl/α,β-unsaturated/α-hetero) is 1. The van der Waals surface area contributed by atoms with E-state index in [1.165, 1.54) is 13.2 Å². The monoisotopic (exact) mass is 232 g/mol. The van der Waals surface area contributed by atoms with Gasteiger partial charge in [0.15, 0.2) is 5.78 Å². The van der Waals surface area contributed by atoms with Gasteiger partial charge in [-0.05, 0) is 12.1 Å². The van der Waals surface area contributed by atoms with Gasteiger partial charge in [-0.3, -0.25) is 4.79 Å². The van der Waals surface area contributed by atoms with Crippen LogP contribution in [-0.4, -0.2) is 12.9 Å². The molecule has 0 atom stereocenters. The summed E-state index contributed by atoms with van der Waals surface area (Å²) in [6, 6.07) is 3.08. The van der Waals surface area contributed by atoms with Crippen molar-refractivity contribution < 1.29 is 9.53 Å². The first-order chi connectivity index (χ1) is 6.60. The number of hydrogen-bond acceptors (Lipinski definition) is 2. The predicted octanol–water partition coefficient (Wildman–Crippen LogP) is 3.59. The average molecular weight is 233 g/mol. The van der Waals surface area contributed by atoms with Crippen molar-refractivity contribution in [1.82, 2.24) is 0 Å². The Morgan fingerprint density at radius 2 is 2.00 bits per heavy atom. The summed E-state index contributed by atoms with van der Waals surface area (Å²) < 4.78 is 4.99. The molecule has 4 heteroatoms. The summed E-state index contributed by atoms with van der Waals surface area (Å²) in [4.78, 5) is 11.4. The van der Waals surface area contributed by atoms with Crippen molar-refractivity contribution in [1.29, 1.82) is 0 Å². The molecule has 0 saturated heterocycles. The number of methoxy groups -OCH3 is 1. The van der Waals surface area contributed by atoms with Crippen LogP contribution < -0.4 is 4.74 Å². The van der Waals surface area contributed by atoms with Crippen LogP contribution in [0.25, 0.3) is 0 Å². The molecule has 0 radical (unpaired) electrons. The summed E-state index contributed by atoms with van der Waals surface area (Å²) in [5.74, 6) is 0.442. The molecule has 0 heterocycles. The van der Waals surface area contributed by atoms with E-state index in [1.807, 2.05) is 0 Å². The molecular formula is C10H10Cl2O2. The van der Waals surface area contributed by atoms with Crippen LogP contribution in [-0.2, 0) is 0 Å². The summed E-state index contributed by atoms with van der Waals surface area (Å²) in [5, 5.41) is 0.771. The third-order valence-electron chi connectivity index (χ3n) is 1.86. The molecule has 0 bridgehead atoms. The highest BCUT2D eigenvalue weighted by molar-refractivity contribution is 6.37. The summed E-state index contributed by atoms with van der Waals surface area (Å²) in [6.07, 6.45) is 0.407. The SMILES string of the molecule is CCC(=O)c1cc(OC)c(Cl)cc1Cl. The summed E-state index contributed by atoms with van der Waals surface area (Å²) >= 11 is 11.7. The number of ether oxygens (including phenoxy) is 1. The smallest absolute Gasteiger partial charge is 0.164 e. The number of ketones is 1. The van der Waals surface area contributed by atoms with Gasteiger partial charge in [-0.2, -0.15) is 0 Å². The van der Waals surface area contributed by atoms with Crippen molar-refractivity contribution >= 4 is 29.0 Å². The molecule has 0 N–H and O–H groups in total. The van der Waals surface area contributed by atoms with Crippen LogP contribution in [0.1, 0.15) is 23.7 Å². The number of halogens is 2. The number of carbonyl (C=O) groups excluding carboxylic acids is 1. The van der Waals surface area contributed by atoms with Crippen molar-refractivity contribution in [3.05, 3.63) is 27.7 Å². The van der Waals surface area contributed by atoms with Gasteiger partial charge >= 0.3 is 0 Å². The fraction of sp³-hybridized carbons (Fsp3) is 0.300. The molecule has 0 amide bonds. The van der Waals surface area contributed by atoms with Crippen LogP contribution in [0.5, 0.6) is 5.75 Å². The zero-order chi connectivity index (χ0) is 10.7. The molecule has 76 valence electrons. The second kappa shape index (κ2) is 4.67. The molecular weight excluding hydrogens is 223 g/mol. The molecule has 0 aliphatic carbocycles. The maximum Gasteiger partial charge on any atom is 0.164 e. The lowest BCUT2D eigenvalue weighted by molar-refractivity contribution is 0.0988. The van der Waals surface area contributed by atoms with Crippen LogP contribution in [0.3, 0.4) is 0 Å². The minimum Gasteiger partial charge on any atom is -0.495 e. The van der Waals surface area contributed by atoms with Crippen molar-refractivity contribution in [2.45, 2.75) is 13.3 Å². The molecule has 1 aromatic carbocycles. The fourth-order valence-electron chi connectivity index (χ4n) is 1.09. The quantitative estimate of drug-likeness (QED) is 0.745. The predicted molar refractivity (Wildman–Crippen MR) is 57.6 cm³/mol. The normalized spacial score (nSPS) is 10.0. The van der Waals surface area contributed by atoms with Gasteiger partial charge in [0.2, 0.25) is 0 Å². The molecule has 0 saturated carbocycles. The Morgan fingerprint density at radius 3 is 2.50 bits per heavy atom. The highest BCUT2D eigenvalue weighted by Crippen LogP contribution is 2.31. The first-order valence-electron chi connectivity index (χ1n) is 4.16. The topological polar surface area (TPSA) is 26.3 Å². The number of hydrogen-bond donors (Lipinski definition) is 0. The van der Waals surface area contributed by atoms with Crippen molar-refractivity contribution in [2.75, 3.05) is 7.11 Å². The third kappa shape index (κ3) is 2.20. The average Bonchev–Trinajstić information content (AvgIpc) is 2.17. The van der Waals surface area contributed by atoms with Gasteiger partial charge in [-0.15, -0.1) is 0 Å². The lowest BCUT2D eigenvalue weighted by Crippen LogP contribution is -1.98. The first kappa shape index (κ1) is 11.3. The summed E-state index contributed by atoms with van der Waals surface area (Å²) in [6.45, 7) is 1.78. The Morgan fingerprint density at radius 1 is 1.36 bits per heavy atom. The number of carbonyl (C=O) groups is 1. The zero-order valence-electron chi connectivity index (χ0n) is 7.93. The Kier molecular flexibility index (Phi) is 3.78. The van der Waals surface area contributed by atoms with E-state index in [4.69, 9.17) is 27.9 Å².